The lowest BCUT2D eigenvalue weighted by Crippen LogP contribution is -2.16. The van der Waals surface area contributed by atoms with E-state index in [0.29, 0.717) is 5.82 Å². The van der Waals surface area contributed by atoms with Crippen molar-refractivity contribution in [3.8, 4) is 0 Å². The molecule has 0 saturated heterocycles. The first-order valence-electron chi connectivity index (χ1n) is 5.13. The molecule has 0 fully saturated rings. The van der Waals surface area contributed by atoms with Gasteiger partial charge >= 0.3 is 5.97 Å². The molecule has 0 amide bonds. The zero-order valence-electron chi connectivity index (χ0n) is 9.54. The van der Waals surface area contributed by atoms with Gasteiger partial charge in [-0.2, -0.15) is 0 Å². The van der Waals surface area contributed by atoms with Gasteiger partial charge in [0, 0.05) is 17.7 Å². The van der Waals surface area contributed by atoms with Gasteiger partial charge in [-0.15, -0.1) is 0 Å². The van der Waals surface area contributed by atoms with Crippen LogP contribution in [0.25, 0.3) is 0 Å². The van der Waals surface area contributed by atoms with Crippen molar-refractivity contribution >= 4 is 33.4 Å². The molecule has 2 aromatic rings. The van der Waals surface area contributed by atoms with Crippen molar-refractivity contribution in [2.24, 2.45) is 0 Å². The predicted molar refractivity (Wildman–Crippen MR) is 71.2 cm³/mol. The fourth-order valence-corrected chi connectivity index (χ4v) is 2.13. The molecule has 1 N–H and O–H groups in total. The van der Waals surface area contributed by atoms with Crippen LogP contribution in [0.4, 0.5) is 11.5 Å². The molecule has 1 heterocycles. The Morgan fingerprint density at radius 2 is 2.11 bits per heavy atom. The van der Waals surface area contributed by atoms with Gasteiger partial charge in [0.05, 0.1) is 5.69 Å². The zero-order valence-corrected chi connectivity index (χ0v) is 11.1. The fraction of sp³-hybridized carbons (Fsp3) is 0.0833. The van der Waals surface area contributed by atoms with Gasteiger partial charge in [-0.1, -0.05) is 12.1 Å². The van der Waals surface area contributed by atoms with E-state index in [4.69, 9.17) is 5.11 Å². The maximum atomic E-state index is 11.1. The second kappa shape index (κ2) is 5.14. The molecule has 18 heavy (non-hydrogen) atoms. The molecule has 0 aliphatic carbocycles. The molecule has 2 rings (SSSR count). The van der Waals surface area contributed by atoms with E-state index in [2.05, 4.69) is 25.9 Å². The van der Waals surface area contributed by atoms with Crippen LogP contribution < -0.4 is 4.90 Å². The van der Waals surface area contributed by atoms with Gasteiger partial charge in [0.15, 0.2) is 5.82 Å². The van der Waals surface area contributed by atoms with E-state index in [0.717, 1.165) is 10.2 Å². The Bertz CT molecular complexity index is 589. The Morgan fingerprint density at radius 3 is 2.78 bits per heavy atom. The van der Waals surface area contributed by atoms with Crippen LogP contribution in [0.2, 0.25) is 0 Å². The summed E-state index contributed by atoms with van der Waals surface area (Å²) >= 11 is 3.42. The largest absolute Gasteiger partial charge is 0.477 e. The van der Waals surface area contributed by atoms with E-state index in [1.165, 1.54) is 12.5 Å². The minimum absolute atomic E-state index is 0.0655. The summed E-state index contributed by atoms with van der Waals surface area (Å²) in [6, 6.07) is 7.52. The van der Waals surface area contributed by atoms with Gasteiger partial charge < -0.3 is 10.0 Å². The van der Waals surface area contributed by atoms with Crippen molar-refractivity contribution in [3.63, 3.8) is 0 Å². The summed E-state index contributed by atoms with van der Waals surface area (Å²) in [6.45, 7) is 0. The van der Waals surface area contributed by atoms with Crippen molar-refractivity contribution in [2.75, 3.05) is 11.9 Å². The number of rotatable bonds is 3. The van der Waals surface area contributed by atoms with Crippen LogP contribution >= 0.6 is 15.9 Å². The summed E-state index contributed by atoms with van der Waals surface area (Å²) < 4.78 is 0.863. The van der Waals surface area contributed by atoms with Crippen LogP contribution in [0.5, 0.6) is 0 Å². The second-order valence-corrected chi connectivity index (χ2v) is 4.43. The normalized spacial score (nSPS) is 10.1. The Labute approximate surface area is 112 Å². The summed E-state index contributed by atoms with van der Waals surface area (Å²) in [4.78, 5) is 20.6. The SMILES string of the molecule is CN(c1ccccc1Br)c1ncncc1C(=O)O. The molecular weight excluding hydrogens is 298 g/mol. The quantitative estimate of drug-likeness (QED) is 0.944. The summed E-state index contributed by atoms with van der Waals surface area (Å²) in [6.07, 6.45) is 2.62. The molecule has 0 bridgehead atoms. The monoisotopic (exact) mass is 307 g/mol. The molecule has 0 atom stereocenters. The molecular formula is C12H10BrN3O2. The van der Waals surface area contributed by atoms with Crippen LogP contribution in [-0.4, -0.2) is 28.1 Å². The zero-order chi connectivity index (χ0) is 13.1. The maximum absolute atomic E-state index is 11.1. The van der Waals surface area contributed by atoms with Gasteiger partial charge in [0.1, 0.15) is 11.9 Å². The molecule has 0 radical (unpaired) electrons. The lowest BCUT2D eigenvalue weighted by molar-refractivity contribution is 0.0697. The number of halogens is 1. The maximum Gasteiger partial charge on any atom is 0.341 e. The van der Waals surface area contributed by atoms with Gasteiger partial charge in [-0.05, 0) is 28.1 Å². The van der Waals surface area contributed by atoms with Crippen molar-refractivity contribution in [3.05, 3.63) is 46.8 Å². The first-order chi connectivity index (χ1) is 8.61. The Hall–Kier alpha value is -1.95. The molecule has 1 aromatic carbocycles. The number of aromatic nitrogens is 2. The number of para-hydroxylation sites is 1. The topological polar surface area (TPSA) is 66.3 Å². The van der Waals surface area contributed by atoms with Crippen LogP contribution in [0.15, 0.2) is 41.3 Å². The third-order valence-electron chi connectivity index (χ3n) is 2.45. The van der Waals surface area contributed by atoms with Crippen molar-refractivity contribution in [1.82, 2.24) is 9.97 Å². The van der Waals surface area contributed by atoms with E-state index in [1.54, 1.807) is 11.9 Å². The lowest BCUT2D eigenvalue weighted by Gasteiger charge is -2.20. The second-order valence-electron chi connectivity index (χ2n) is 3.58. The minimum atomic E-state index is -1.05. The highest BCUT2D eigenvalue weighted by molar-refractivity contribution is 9.10. The highest BCUT2D eigenvalue weighted by Crippen LogP contribution is 2.30. The molecule has 1 aromatic heterocycles. The standard InChI is InChI=1S/C12H10BrN3O2/c1-16(10-5-3-2-4-9(10)13)11-8(12(17)18)6-14-7-15-11/h2-7H,1H3,(H,17,18). The minimum Gasteiger partial charge on any atom is -0.477 e. The number of hydrogen-bond acceptors (Lipinski definition) is 4. The predicted octanol–water partition coefficient (Wildman–Crippen LogP) is 2.71. The van der Waals surface area contributed by atoms with Gasteiger partial charge in [0.2, 0.25) is 0 Å². The number of aromatic carboxylic acids is 1. The third-order valence-corrected chi connectivity index (χ3v) is 3.12. The first-order valence-corrected chi connectivity index (χ1v) is 5.92. The number of hydrogen-bond donors (Lipinski definition) is 1. The highest BCUT2D eigenvalue weighted by Gasteiger charge is 2.17. The molecule has 6 heteroatoms. The fourth-order valence-electron chi connectivity index (χ4n) is 1.58. The van der Waals surface area contributed by atoms with E-state index in [9.17, 15) is 4.79 Å². The molecule has 5 nitrogen and oxygen atoms in total. The smallest absolute Gasteiger partial charge is 0.341 e. The summed E-state index contributed by atoms with van der Waals surface area (Å²) in [5, 5.41) is 9.11. The van der Waals surface area contributed by atoms with Crippen molar-refractivity contribution in [1.29, 1.82) is 0 Å². The van der Waals surface area contributed by atoms with E-state index in [1.807, 2.05) is 24.3 Å². The Kier molecular flexibility index (Phi) is 3.57. The molecule has 92 valence electrons. The first kappa shape index (κ1) is 12.5. The van der Waals surface area contributed by atoms with Gasteiger partial charge in [-0.25, -0.2) is 14.8 Å². The number of carboxylic acids is 1. The molecule has 0 spiro atoms. The van der Waals surface area contributed by atoms with E-state index >= 15 is 0 Å². The number of anilines is 2. The number of carbonyl (C=O) groups is 1. The summed E-state index contributed by atoms with van der Waals surface area (Å²) in [5.41, 5.74) is 0.898. The molecule has 0 unspecified atom stereocenters. The van der Waals surface area contributed by atoms with Crippen LogP contribution in [0.3, 0.4) is 0 Å². The van der Waals surface area contributed by atoms with E-state index in [-0.39, 0.29) is 5.56 Å². The lowest BCUT2D eigenvalue weighted by atomic mass is 10.2. The highest BCUT2D eigenvalue weighted by atomic mass is 79.9. The molecule has 0 saturated carbocycles. The average Bonchev–Trinajstić information content (AvgIpc) is 2.38. The van der Waals surface area contributed by atoms with E-state index < -0.39 is 5.97 Å². The number of carboxylic acid groups (broad SMARTS) is 1. The van der Waals surface area contributed by atoms with Gasteiger partial charge in [-0.3, -0.25) is 0 Å². The Balaban J connectivity index is 2.50. The van der Waals surface area contributed by atoms with Gasteiger partial charge in [0.25, 0.3) is 0 Å². The Morgan fingerprint density at radius 1 is 1.39 bits per heavy atom. The van der Waals surface area contributed by atoms with Crippen LogP contribution in [0.1, 0.15) is 10.4 Å². The number of nitrogens with zero attached hydrogens (tertiary/aromatic N) is 3. The van der Waals surface area contributed by atoms with Crippen molar-refractivity contribution < 1.29 is 9.90 Å². The van der Waals surface area contributed by atoms with Crippen LogP contribution in [-0.2, 0) is 0 Å². The average molecular weight is 308 g/mol. The third kappa shape index (κ3) is 2.33. The molecule has 0 aliphatic rings. The summed E-state index contributed by atoms with van der Waals surface area (Å²) in [5.74, 6) is -0.700. The van der Waals surface area contributed by atoms with Crippen LogP contribution in [0, 0.1) is 0 Å². The number of benzene rings is 1. The summed E-state index contributed by atoms with van der Waals surface area (Å²) in [7, 11) is 1.76. The molecule has 0 aliphatic heterocycles. The van der Waals surface area contributed by atoms with Crippen molar-refractivity contribution in [2.45, 2.75) is 0 Å².